The number of rotatable bonds is 6. The Morgan fingerprint density at radius 1 is 1.00 bits per heavy atom. The van der Waals surface area contributed by atoms with Crippen LogP contribution in [0.3, 0.4) is 0 Å². The Morgan fingerprint density at radius 2 is 1.70 bits per heavy atom. The third-order valence-corrected chi connectivity index (χ3v) is 6.22. The van der Waals surface area contributed by atoms with Crippen LogP contribution in [0.5, 0.6) is 0 Å². The van der Waals surface area contributed by atoms with Crippen LogP contribution in [-0.2, 0) is 10.0 Å². The first-order chi connectivity index (χ1) is 15.6. The summed E-state index contributed by atoms with van der Waals surface area (Å²) in [5.41, 5.74) is 2.34. The number of amides is 1. The van der Waals surface area contributed by atoms with E-state index in [4.69, 9.17) is 4.42 Å². The highest BCUT2D eigenvalue weighted by molar-refractivity contribution is 7.92. The van der Waals surface area contributed by atoms with Crippen LogP contribution >= 0.6 is 0 Å². The minimum atomic E-state index is -4.06. The lowest BCUT2D eigenvalue weighted by atomic mass is 10.2. The quantitative estimate of drug-likeness (QED) is 0.316. The molecule has 1 aromatic heterocycles. The van der Waals surface area contributed by atoms with Crippen LogP contribution in [0.25, 0.3) is 11.1 Å². The van der Waals surface area contributed by atoms with Gasteiger partial charge >= 0.3 is 0 Å². The Balaban J connectivity index is 1.48. The highest BCUT2D eigenvalue weighted by Crippen LogP contribution is 2.24. The maximum Gasteiger partial charge on any atom is 0.273 e. The molecule has 0 saturated carbocycles. The molecule has 168 valence electrons. The smallest absolute Gasteiger partial charge is 0.273 e. The van der Waals surface area contributed by atoms with E-state index in [0.29, 0.717) is 33.8 Å². The molecule has 0 unspecified atom stereocenters. The molecule has 3 aromatic carbocycles. The Bertz CT molecular complexity index is 1490. The number of anilines is 2. The van der Waals surface area contributed by atoms with E-state index >= 15 is 0 Å². The minimum absolute atomic E-state index is 0.203. The third kappa shape index (κ3) is 4.67. The number of nitro groups is 1. The van der Waals surface area contributed by atoms with Gasteiger partial charge in [-0.3, -0.25) is 19.6 Å². The number of nitrogens with one attached hydrogen (secondary N) is 2. The molecule has 0 aliphatic rings. The van der Waals surface area contributed by atoms with Crippen LogP contribution in [0.1, 0.15) is 21.8 Å². The lowest BCUT2D eigenvalue weighted by Crippen LogP contribution is -2.14. The summed E-state index contributed by atoms with van der Waals surface area (Å²) in [5, 5.41) is 13.9. The van der Waals surface area contributed by atoms with Gasteiger partial charge in [-0.1, -0.05) is 6.07 Å². The van der Waals surface area contributed by atoms with Crippen molar-refractivity contribution in [2.75, 3.05) is 10.0 Å². The van der Waals surface area contributed by atoms with Gasteiger partial charge < -0.3 is 9.73 Å². The second-order valence-electron chi connectivity index (χ2n) is 7.26. The van der Waals surface area contributed by atoms with E-state index in [9.17, 15) is 23.3 Å². The average Bonchev–Trinajstić information content (AvgIpc) is 3.13. The van der Waals surface area contributed by atoms with E-state index in [1.54, 1.807) is 25.1 Å². The molecule has 1 amide bonds. The van der Waals surface area contributed by atoms with Crippen LogP contribution < -0.4 is 10.0 Å². The van der Waals surface area contributed by atoms with Crippen molar-refractivity contribution in [3.8, 4) is 0 Å². The lowest BCUT2D eigenvalue weighted by molar-refractivity contribution is -0.385. The first-order valence-electron chi connectivity index (χ1n) is 9.69. The number of hydrogen-bond acceptors (Lipinski definition) is 7. The van der Waals surface area contributed by atoms with Crippen molar-refractivity contribution in [1.82, 2.24) is 4.98 Å². The summed E-state index contributed by atoms with van der Waals surface area (Å²) in [4.78, 5) is 27.0. The normalized spacial score (nSPS) is 11.3. The zero-order valence-corrected chi connectivity index (χ0v) is 18.3. The monoisotopic (exact) mass is 466 g/mol. The first-order valence-corrected chi connectivity index (χ1v) is 11.2. The fourth-order valence-electron chi connectivity index (χ4n) is 3.18. The van der Waals surface area contributed by atoms with E-state index in [1.807, 2.05) is 0 Å². The topological polar surface area (TPSA) is 144 Å². The number of benzene rings is 3. The minimum Gasteiger partial charge on any atom is -0.441 e. The van der Waals surface area contributed by atoms with Gasteiger partial charge in [0.15, 0.2) is 11.5 Å². The Morgan fingerprint density at radius 3 is 2.39 bits per heavy atom. The summed E-state index contributed by atoms with van der Waals surface area (Å²) in [7, 11) is -4.06. The SMILES string of the molecule is Cc1nc2cc(NC(=O)c3ccc(NS(=O)(=O)c4ccc(C)c([N+](=O)[O-])c4)cc3)ccc2o1. The summed E-state index contributed by atoms with van der Waals surface area (Å²) in [5.74, 6) is 0.130. The molecule has 0 saturated heterocycles. The van der Waals surface area contributed by atoms with Crippen molar-refractivity contribution in [2.24, 2.45) is 0 Å². The molecule has 0 bridgehead atoms. The molecule has 0 aliphatic carbocycles. The fraction of sp³-hybridized carbons (Fsp3) is 0.0909. The molecule has 1 heterocycles. The van der Waals surface area contributed by atoms with Crippen molar-refractivity contribution in [3.05, 3.63) is 87.8 Å². The third-order valence-electron chi connectivity index (χ3n) is 4.84. The van der Waals surface area contributed by atoms with Crippen LogP contribution in [0, 0.1) is 24.0 Å². The van der Waals surface area contributed by atoms with Crippen molar-refractivity contribution in [3.63, 3.8) is 0 Å². The van der Waals surface area contributed by atoms with Gasteiger partial charge in [-0.2, -0.15) is 0 Å². The zero-order valence-electron chi connectivity index (χ0n) is 17.5. The largest absolute Gasteiger partial charge is 0.441 e. The molecule has 0 fully saturated rings. The lowest BCUT2D eigenvalue weighted by Gasteiger charge is -2.10. The molecule has 33 heavy (non-hydrogen) atoms. The van der Waals surface area contributed by atoms with Crippen LogP contribution in [-0.4, -0.2) is 24.2 Å². The Hall–Kier alpha value is -4.25. The number of carbonyl (C=O) groups is 1. The highest BCUT2D eigenvalue weighted by Gasteiger charge is 2.20. The Labute approximate surface area is 188 Å². The van der Waals surface area contributed by atoms with Gasteiger partial charge in [-0.15, -0.1) is 0 Å². The highest BCUT2D eigenvalue weighted by atomic mass is 32.2. The molecule has 10 nitrogen and oxygen atoms in total. The summed E-state index contributed by atoms with van der Waals surface area (Å²) in [6, 6.07) is 14.5. The van der Waals surface area contributed by atoms with E-state index < -0.39 is 20.9 Å². The molecule has 0 aliphatic heterocycles. The van der Waals surface area contributed by atoms with Crippen LogP contribution in [0.15, 0.2) is 70.0 Å². The number of fused-ring (bicyclic) bond motifs is 1. The predicted octanol–water partition coefficient (Wildman–Crippen LogP) is 4.41. The molecule has 0 radical (unpaired) electrons. The molecular formula is C22H18N4O6S. The van der Waals surface area contributed by atoms with Crippen molar-refractivity contribution < 1.29 is 22.6 Å². The molecule has 4 rings (SSSR count). The molecule has 2 N–H and O–H groups in total. The number of carbonyl (C=O) groups excluding carboxylic acids is 1. The molecule has 4 aromatic rings. The van der Waals surface area contributed by atoms with Crippen LogP contribution in [0.4, 0.5) is 17.1 Å². The summed E-state index contributed by atoms with van der Waals surface area (Å²) >= 11 is 0. The molecule has 11 heteroatoms. The summed E-state index contributed by atoms with van der Waals surface area (Å²) < 4.78 is 33.0. The van der Waals surface area contributed by atoms with E-state index in [0.717, 1.165) is 6.07 Å². The summed E-state index contributed by atoms with van der Waals surface area (Å²) in [6.07, 6.45) is 0. The number of aryl methyl sites for hydroxylation is 2. The zero-order chi connectivity index (χ0) is 23.8. The van der Waals surface area contributed by atoms with Gasteiger partial charge in [0, 0.05) is 35.5 Å². The standard InChI is InChI=1S/C22H18N4O6S/c1-13-3-9-18(12-20(13)26(28)29)33(30,31)25-16-6-4-15(5-7-16)22(27)24-17-8-10-21-19(11-17)23-14(2)32-21/h3-12,25H,1-2H3,(H,24,27). The number of oxazole rings is 1. The van der Waals surface area contributed by atoms with E-state index in [-0.39, 0.29) is 16.3 Å². The van der Waals surface area contributed by atoms with Crippen LogP contribution in [0.2, 0.25) is 0 Å². The van der Waals surface area contributed by atoms with Gasteiger partial charge in [0.25, 0.3) is 21.6 Å². The first kappa shape index (κ1) is 22.0. The van der Waals surface area contributed by atoms with Crippen molar-refractivity contribution in [2.45, 2.75) is 18.7 Å². The maximum absolute atomic E-state index is 12.6. The molecule has 0 atom stereocenters. The fourth-order valence-corrected chi connectivity index (χ4v) is 4.26. The Kier molecular flexibility index (Phi) is 5.56. The average molecular weight is 466 g/mol. The van der Waals surface area contributed by atoms with Gasteiger partial charge in [-0.25, -0.2) is 13.4 Å². The number of sulfonamides is 1. The van der Waals surface area contributed by atoms with E-state index in [2.05, 4.69) is 15.0 Å². The number of nitrogens with zero attached hydrogens (tertiary/aromatic N) is 2. The second kappa shape index (κ2) is 8.36. The number of aromatic nitrogens is 1. The van der Waals surface area contributed by atoms with E-state index in [1.165, 1.54) is 43.3 Å². The van der Waals surface area contributed by atoms with Gasteiger partial charge in [0.05, 0.1) is 9.82 Å². The van der Waals surface area contributed by atoms with Crippen molar-refractivity contribution >= 4 is 44.1 Å². The van der Waals surface area contributed by atoms with Crippen molar-refractivity contribution in [1.29, 1.82) is 0 Å². The van der Waals surface area contributed by atoms with Gasteiger partial charge in [-0.05, 0) is 55.5 Å². The van der Waals surface area contributed by atoms with Gasteiger partial charge in [0.1, 0.15) is 5.52 Å². The van der Waals surface area contributed by atoms with Gasteiger partial charge in [0.2, 0.25) is 0 Å². The maximum atomic E-state index is 12.6. The molecular weight excluding hydrogens is 448 g/mol. The second-order valence-corrected chi connectivity index (χ2v) is 8.94. The molecule has 0 spiro atoms. The number of hydrogen-bond donors (Lipinski definition) is 2. The predicted molar refractivity (Wildman–Crippen MR) is 122 cm³/mol. The number of nitro benzene ring substituents is 1. The summed E-state index contributed by atoms with van der Waals surface area (Å²) in [6.45, 7) is 3.25.